The van der Waals surface area contributed by atoms with E-state index in [0.717, 1.165) is 18.4 Å². The molecule has 0 fully saturated rings. The van der Waals surface area contributed by atoms with Crippen molar-refractivity contribution in [3.8, 4) is 0 Å². The Kier molecular flexibility index (Phi) is 7.15. The zero-order chi connectivity index (χ0) is 15.7. The second-order valence-corrected chi connectivity index (χ2v) is 5.13. The number of carbonyl (C=O) groups is 2. The minimum Gasteiger partial charge on any atom is -0.348 e. The van der Waals surface area contributed by atoms with Gasteiger partial charge in [0.2, 0.25) is 0 Å². The third-order valence-corrected chi connectivity index (χ3v) is 3.00. The van der Waals surface area contributed by atoms with E-state index in [4.69, 9.17) is 0 Å². The van der Waals surface area contributed by atoms with Crippen LogP contribution in [0.25, 0.3) is 0 Å². The molecule has 0 aliphatic rings. The van der Waals surface area contributed by atoms with Crippen LogP contribution in [0.15, 0.2) is 29.4 Å². The molecule has 5 heteroatoms. The van der Waals surface area contributed by atoms with E-state index in [1.807, 2.05) is 31.2 Å². The third kappa shape index (κ3) is 6.21. The van der Waals surface area contributed by atoms with Gasteiger partial charge in [-0.05, 0) is 23.5 Å². The highest BCUT2D eigenvalue weighted by Gasteiger charge is 2.10. The summed E-state index contributed by atoms with van der Waals surface area (Å²) < 4.78 is 0. The van der Waals surface area contributed by atoms with Gasteiger partial charge in [-0.3, -0.25) is 9.59 Å². The van der Waals surface area contributed by atoms with Crippen molar-refractivity contribution in [2.75, 3.05) is 6.54 Å². The summed E-state index contributed by atoms with van der Waals surface area (Å²) in [6.07, 6.45) is 3.33. The summed E-state index contributed by atoms with van der Waals surface area (Å²) in [6, 6.07) is 7.88. The second-order valence-electron chi connectivity index (χ2n) is 5.13. The lowest BCUT2D eigenvalue weighted by Crippen LogP contribution is -2.38. The Morgan fingerprint density at radius 2 is 1.86 bits per heavy atom. The van der Waals surface area contributed by atoms with E-state index >= 15 is 0 Å². The number of carbonyl (C=O) groups excluding carboxylic acids is 2. The van der Waals surface area contributed by atoms with Crippen LogP contribution in [-0.2, 0) is 9.59 Å². The van der Waals surface area contributed by atoms with Crippen molar-refractivity contribution in [3.05, 3.63) is 35.4 Å². The van der Waals surface area contributed by atoms with E-state index in [2.05, 4.69) is 29.7 Å². The van der Waals surface area contributed by atoms with Crippen LogP contribution in [0.3, 0.4) is 0 Å². The monoisotopic (exact) mass is 289 g/mol. The molecule has 2 N–H and O–H groups in total. The molecule has 0 aliphatic carbocycles. The van der Waals surface area contributed by atoms with Crippen LogP contribution >= 0.6 is 0 Å². The first-order valence-corrected chi connectivity index (χ1v) is 7.25. The molecule has 0 radical (unpaired) electrons. The fourth-order valence-electron chi connectivity index (χ4n) is 1.64. The molecular formula is C16H23N3O2. The molecule has 0 saturated heterocycles. The third-order valence-electron chi connectivity index (χ3n) is 3.00. The van der Waals surface area contributed by atoms with Gasteiger partial charge in [-0.25, -0.2) is 5.43 Å². The zero-order valence-electron chi connectivity index (χ0n) is 12.8. The average molecular weight is 289 g/mol. The Bertz CT molecular complexity index is 493. The maximum atomic E-state index is 11.4. The van der Waals surface area contributed by atoms with Gasteiger partial charge >= 0.3 is 11.8 Å². The number of hydrazone groups is 1. The van der Waals surface area contributed by atoms with E-state index in [9.17, 15) is 9.59 Å². The van der Waals surface area contributed by atoms with E-state index in [1.54, 1.807) is 0 Å². The number of nitrogens with one attached hydrogen (secondary N) is 2. The molecule has 1 rings (SSSR count). The lowest BCUT2D eigenvalue weighted by atomic mass is 10.0. The van der Waals surface area contributed by atoms with Crippen LogP contribution in [0.1, 0.15) is 50.7 Å². The quantitative estimate of drug-likeness (QED) is 0.365. The van der Waals surface area contributed by atoms with Gasteiger partial charge in [0.25, 0.3) is 0 Å². The summed E-state index contributed by atoms with van der Waals surface area (Å²) in [4.78, 5) is 22.8. The Morgan fingerprint density at radius 1 is 1.19 bits per heavy atom. The van der Waals surface area contributed by atoms with Crippen molar-refractivity contribution in [2.24, 2.45) is 5.10 Å². The number of amides is 2. The van der Waals surface area contributed by atoms with Crippen molar-refractivity contribution < 1.29 is 9.59 Å². The molecule has 0 unspecified atom stereocenters. The smallest absolute Gasteiger partial charge is 0.329 e. The van der Waals surface area contributed by atoms with Gasteiger partial charge in [-0.15, -0.1) is 0 Å². The fraction of sp³-hybridized carbons (Fsp3) is 0.438. The van der Waals surface area contributed by atoms with Gasteiger partial charge in [-0.1, -0.05) is 51.5 Å². The Hall–Kier alpha value is -2.17. The topological polar surface area (TPSA) is 70.6 Å². The van der Waals surface area contributed by atoms with Gasteiger partial charge in [0.05, 0.1) is 6.21 Å². The molecule has 5 nitrogen and oxygen atoms in total. The summed E-state index contributed by atoms with van der Waals surface area (Å²) in [5, 5.41) is 6.31. The number of hydrogen-bond donors (Lipinski definition) is 2. The Labute approximate surface area is 125 Å². The molecule has 1 aromatic rings. The first-order chi connectivity index (χ1) is 10.0. The van der Waals surface area contributed by atoms with Crippen LogP contribution in [0.4, 0.5) is 0 Å². The standard InChI is InChI=1S/C16H23N3O2/c1-4-5-10-17-15(20)16(21)19-18-11-13-6-8-14(9-7-13)12(2)3/h6-9,11-12H,4-5,10H2,1-3H3,(H,17,20)(H,19,21)/b18-11-. The molecule has 114 valence electrons. The van der Waals surface area contributed by atoms with Crippen molar-refractivity contribution in [1.82, 2.24) is 10.7 Å². The summed E-state index contributed by atoms with van der Waals surface area (Å²) >= 11 is 0. The molecule has 2 amide bonds. The molecule has 0 aromatic heterocycles. The maximum absolute atomic E-state index is 11.4. The largest absolute Gasteiger partial charge is 0.348 e. The number of rotatable bonds is 6. The minimum absolute atomic E-state index is 0.475. The van der Waals surface area contributed by atoms with Crippen LogP contribution in [0, 0.1) is 0 Å². The normalized spacial score (nSPS) is 10.9. The van der Waals surface area contributed by atoms with Crippen LogP contribution in [0.2, 0.25) is 0 Å². The zero-order valence-corrected chi connectivity index (χ0v) is 12.8. The summed E-state index contributed by atoms with van der Waals surface area (Å²) in [6.45, 7) is 6.77. The van der Waals surface area contributed by atoms with Crippen LogP contribution in [-0.4, -0.2) is 24.6 Å². The molecule has 0 bridgehead atoms. The van der Waals surface area contributed by atoms with Gasteiger partial charge in [0.1, 0.15) is 0 Å². The van der Waals surface area contributed by atoms with E-state index in [0.29, 0.717) is 12.5 Å². The van der Waals surface area contributed by atoms with E-state index in [-0.39, 0.29) is 0 Å². The maximum Gasteiger partial charge on any atom is 0.329 e. The van der Waals surface area contributed by atoms with E-state index < -0.39 is 11.8 Å². The molecule has 0 aliphatic heterocycles. The lowest BCUT2D eigenvalue weighted by Gasteiger charge is -2.04. The molecular weight excluding hydrogens is 266 g/mol. The molecule has 0 spiro atoms. The fourth-order valence-corrected chi connectivity index (χ4v) is 1.64. The number of benzene rings is 1. The van der Waals surface area contributed by atoms with Crippen LogP contribution in [0.5, 0.6) is 0 Å². The summed E-state index contributed by atoms with van der Waals surface area (Å²) in [5.41, 5.74) is 4.32. The van der Waals surface area contributed by atoms with Gasteiger partial charge in [0.15, 0.2) is 0 Å². The lowest BCUT2D eigenvalue weighted by molar-refractivity contribution is -0.139. The molecule has 0 saturated carbocycles. The first-order valence-electron chi connectivity index (χ1n) is 7.25. The molecule has 1 aromatic carbocycles. The van der Waals surface area contributed by atoms with Crippen molar-refractivity contribution in [2.45, 2.75) is 39.5 Å². The van der Waals surface area contributed by atoms with Gasteiger partial charge in [-0.2, -0.15) is 5.10 Å². The van der Waals surface area contributed by atoms with Crippen molar-refractivity contribution in [1.29, 1.82) is 0 Å². The van der Waals surface area contributed by atoms with Crippen molar-refractivity contribution >= 4 is 18.0 Å². The molecule has 0 heterocycles. The van der Waals surface area contributed by atoms with E-state index in [1.165, 1.54) is 11.8 Å². The highest BCUT2D eigenvalue weighted by molar-refractivity contribution is 6.35. The van der Waals surface area contributed by atoms with Crippen molar-refractivity contribution in [3.63, 3.8) is 0 Å². The predicted octanol–water partition coefficient (Wildman–Crippen LogP) is 2.18. The minimum atomic E-state index is -0.749. The Balaban J connectivity index is 2.43. The summed E-state index contributed by atoms with van der Waals surface area (Å²) in [7, 11) is 0. The van der Waals surface area contributed by atoms with Gasteiger partial charge < -0.3 is 5.32 Å². The molecule has 0 atom stereocenters. The number of hydrogen-bond acceptors (Lipinski definition) is 3. The SMILES string of the molecule is CCCCNC(=O)C(=O)N/N=C\c1ccc(C(C)C)cc1. The number of nitrogens with zero attached hydrogens (tertiary/aromatic N) is 1. The first kappa shape index (κ1) is 16.9. The molecule has 21 heavy (non-hydrogen) atoms. The van der Waals surface area contributed by atoms with Gasteiger partial charge in [0, 0.05) is 6.54 Å². The average Bonchev–Trinajstić information content (AvgIpc) is 2.47. The Morgan fingerprint density at radius 3 is 2.43 bits per heavy atom. The van der Waals surface area contributed by atoms with Crippen LogP contribution < -0.4 is 10.7 Å². The predicted molar refractivity (Wildman–Crippen MR) is 84.2 cm³/mol. The highest BCUT2D eigenvalue weighted by atomic mass is 16.2. The summed E-state index contributed by atoms with van der Waals surface area (Å²) in [5.74, 6) is -0.931. The highest BCUT2D eigenvalue weighted by Crippen LogP contribution is 2.13. The second kappa shape index (κ2) is 8.89. The number of unbranched alkanes of at least 4 members (excludes halogenated alkanes) is 1.